The summed E-state index contributed by atoms with van der Waals surface area (Å²) in [6, 6.07) is 0. The molecule has 0 radical (unpaired) electrons. The third-order valence-corrected chi connectivity index (χ3v) is 2.55. The van der Waals surface area contributed by atoms with Gasteiger partial charge in [0.05, 0.1) is 0 Å². The van der Waals surface area contributed by atoms with Crippen molar-refractivity contribution in [3.05, 3.63) is 12.2 Å². The molecule has 0 N–H and O–H groups in total. The summed E-state index contributed by atoms with van der Waals surface area (Å²) < 4.78 is 1.71. The Kier molecular flexibility index (Phi) is 3.90. The van der Waals surface area contributed by atoms with Gasteiger partial charge >= 0.3 is 0 Å². The summed E-state index contributed by atoms with van der Waals surface area (Å²) in [6.07, 6.45) is 10.5. The Balaban J connectivity index is 2.72. The third kappa shape index (κ3) is 3.09. The Morgan fingerprint density at radius 3 is 2.87 bits per heavy atom. The fourth-order valence-corrected chi connectivity index (χ4v) is 1.50. The van der Waals surface area contributed by atoms with Crippen LogP contribution in [0.1, 0.15) is 45.9 Å². The molecule has 0 aliphatic carbocycles. The standard InChI is InChI=1S/C12H19N3/c1-5-7-8-12(3,4)11-13-10-15(14-11)9-6-2/h2,10H,5,7-9H2,1,3-4H3. The van der Waals surface area contributed by atoms with Crippen LogP contribution in [0.3, 0.4) is 0 Å². The second kappa shape index (κ2) is 4.97. The predicted octanol–water partition coefficient (Wildman–Crippen LogP) is 2.38. The number of unbranched alkanes of at least 4 members (excludes halogenated alkanes) is 1. The van der Waals surface area contributed by atoms with Gasteiger partial charge in [0, 0.05) is 5.41 Å². The van der Waals surface area contributed by atoms with Crippen LogP contribution in [0.15, 0.2) is 6.33 Å². The molecule has 0 atom stereocenters. The number of nitrogens with zero attached hydrogens (tertiary/aromatic N) is 3. The molecule has 0 unspecified atom stereocenters. The van der Waals surface area contributed by atoms with E-state index in [2.05, 4.69) is 36.8 Å². The van der Waals surface area contributed by atoms with Crippen LogP contribution in [0.5, 0.6) is 0 Å². The minimum Gasteiger partial charge on any atom is -0.241 e. The molecule has 1 rings (SSSR count). The summed E-state index contributed by atoms with van der Waals surface area (Å²) in [6.45, 7) is 7.05. The molecule has 1 aromatic rings. The molecule has 0 amide bonds. The Morgan fingerprint density at radius 2 is 2.27 bits per heavy atom. The zero-order valence-corrected chi connectivity index (χ0v) is 9.82. The van der Waals surface area contributed by atoms with E-state index in [1.54, 1.807) is 11.0 Å². The molecule has 3 nitrogen and oxygen atoms in total. The Hall–Kier alpha value is -1.30. The van der Waals surface area contributed by atoms with Crippen LogP contribution in [-0.2, 0) is 12.0 Å². The predicted molar refractivity (Wildman–Crippen MR) is 61.4 cm³/mol. The van der Waals surface area contributed by atoms with Gasteiger partial charge in [-0.3, -0.25) is 0 Å². The van der Waals surface area contributed by atoms with Crippen LogP contribution >= 0.6 is 0 Å². The largest absolute Gasteiger partial charge is 0.241 e. The van der Waals surface area contributed by atoms with Gasteiger partial charge in [-0.15, -0.1) is 6.42 Å². The van der Waals surface area contributed by atoms with Gasteiger partial charge in [-0.1, -0.05) is 39.5 Å². The Labute approximate surface area is 91.9 Å². The monoisotopic (exact) mass is 205 g/mol. The topological polar surface area (TPSA) is 30.7 Å². The molecule has 15 heavy (non-hydrogen) atoms. The second-order valence-corrected chi connectivity index (χ2v) is 4.46. The lowest BCUT2D eigenvalue weighted by atomic mass is 9.86. The van der Waals surface area contributed by atoms with E-state index in [0.717, 1.165) is 12.2 Å². The van der Waals surface area contributed by atoms with Crippen LogP contribution < -0.4 is 0 Å². The number of hydrogen-bond donors (Lipinski definition) is 0. The molecule has 1 aromatic heterocycles. The molecule has 0 aromatic carbocycles. The lowest BCUT2D eigenvalue weighted by Gasteiger charge is -2.20. The van der Waals surface area contributed by atoms with Gasteiger partial charge in [0.25, 0.3) is 0 Å². The number of terminal acetylenes is 1. The van der Waals surface area contributed by atoms with E-state index >= 15 is 0 Å². The zero-order valence-electron chi connectivity index (χ0n) is 9.82. The molecule has 0 spiro atoms. The van der Waals surface area contributed by atoms with Gasteiger partial charge in [0.2, 0.25) is 0 Å². The summed E-state index contributed by atoms with van der Waals surface area (Å²) in [7, 11) is 0. The molecule has 3 heteroatoms. The molecule has 0 fully saturated rings. The van der Waals surface area contributed by atoms with Crippen molar-refractivity contribution in [1.82, 2.24) is 14.8 Å². The minimum atomic E-state index is 0.0514. The van der Waals surface area contributed by atoms with Crippen molar-refractivity contribution in [3.63, 3.8) is 0 Å². The van der Waals surface area contributed by atoms with E-state index in [9.17, 15) is 0 Å². The lowest BCUT2D eigenvalue weighted by molar-refractivity contribution is 0.429. The highest BCUT2D eigenvalue weighted by Crippen LogP contribution is 2.25. The van der Waals surface area contributed by atoms with Gasteiger partial charge in [-0.05, 0) is 6.42 Å². The average Bonchev–Trinajstić information content (AvgIpc) is 2.65. The maximum Gasteiger partial charge on any atom is 0.156 e. The molecular formula is C12H19N3. The van der Waals surface area contributed by atoms with E-state index in [-0.39, 0.29) is 5.41 Å². The second-order valence-electron chi connectivity index (χ2n) is 4.46. The van der Waals surface area contributed by atoms with Crippen molar-refractivity contribution in [2.45, 2.75) is 52.0 Å². The van der Waals surface area contributed by atoms with Gasteiger partial charge in [0.1, 0.15) is 12.9 Å². The van der Waals surface area contributed by atoms with E-state index < -0.39 is 0 Å². The highest BCUT2D eigenvalue weighted by molar-refractivity contribution is 5.02. The normalized spacial score (nSPS) is 11.3. The minimum absolute atomic E-state index is 0.0514. The molecule has 0 aliphatic rings. The van der Waals surface area contributed by atoms with Crippen molar-refractivity contribution in [2.24, 2.45) is 0 Å². The first kappa shape index (κ1) is 11.8. The number of aromatic nitrogens is 3. The number of rotatable bonds is 5. The quantitative estimate of drug-likeness (QED) is 0.691. The van der Waals surface area contributed by atoms with Crippen LogP contribution in [0.4, 0.5) is 0 Å². The van der Waals surface area contributed by atoms with E-state index in [0.29, 0.717) is 6.54 Å². The van der Waals surface area contributed by atoms with Crippen molar-refractivity contribution in [3.8, 4) is 12.3 Å². The van der Waals surface area contributed by atoms with Crippen LogP contribution in [-0.4, -0.2) is 14.8 Å². The molecule has 0 bridgehead atoms. The summed E-state index contributed by atoms with van der Waals surface area (Å²) >= 11 is 0. The van der Waals surface area contributed by atoms with Crippen molar-refractivity contribution >= 4 is 0 Å². The van der Waals surface area contributed by atoms with Gasteiger partial charge in [-0.2, -0.15) is 5.10 Å². The third-order valence-electron chi connectivity index (χ3n) is 2.55. The molecule has 0 saturated carbocycles. The summed E-state index contributed by atoms with van der Waals surface area (Å²) in [5, 5.41) is 4.39. The molecule has 0 saturated heterocycles. The first-order valence-corrected chi connectivity index (χ1v) is 5.43. The fraction of sp³-hybridized carbons (Fsp3) is 0.667. The maximum absolute atomic E-state index is 5.22. The van der Waals surface area contributed by atoms with Crippen LogP contribution in [0.25, 0.3) is 0 Å². The molecule has 82 valence electrons. The van der Waals surface area contributed by atoms with E-state index in [1.807, 2.05) is 0 Å². The van der Waals surface area contributed by atoms with E-state index in [4.69, 9.17) is 6.42 Å². The number of hydrogen-bond acceptors (Lipinski definition) is 2. The maximum atomic E-state index is 5.22. The molecular weight excluding hydrogens is 186 g/mol. The highest BCUT2D eigenvalue weighted by atomic mass is 15.3. The van der Waals surface area contributed by atoms with Crippen LogP contribution in [0.2, 0.25) is 0 Å². The van der Waals surface area contributed by atoms with Gasteiger partial charge in [-0.25, -0.2) is 9.67 Å². The summed E-state index contributed by atoms with van der Waals surface area (Å²) in [5.41, 5.74) is 0.0514. The zero-order chi connectivity index (χ0) is 11.3. The van der Waals surface area contributed by atoms with Crippen molar-refractivity contribution in [1.29, 1.82) is 0 Å². The Morgan fingerprint density at radius 1 is 1.53 bits per heavy atom. The molecule has 0 aliphatic heterocycles. The summed E-state index contributed by atoms with van der Waals surface area (Å²) in [5.74, 6) is 3.45. The lowest BCUT2D eigenvalue weighted by Crippen LogP contribution is -2.19. The molecule has 1 heterocycles. The average molecular weight is 205 g/mol. The first-order chi connectivity index (χ1) is 7.10. The van der Waals surface area contributed by atoms with E-state index in [1.165, 1.54) is 12.8 Å². The Bertz CT molecular complexity index is 344. The van der Waals surface area contributed by atoms with Crippen LogP contribution in [0, 0.1) is 12.3 Å². The first-order valence-electron chi connectivity index (χ1n) is 5.43. The van der Waals surface area contributed by atoms with Crippen molar-refractivity contribution in [2.75, 3.05) is 0 Å². The highest BCUT2D eigenvalue weighted by Gasteiger charge is 2.24. The summed E-state index contributed by atoms with van der Waals surface area (Å²) in [4.78, 5) is 4.32. The van der Waals surface area contributed by atoms with Gasteiger partial charge in [0.15, 0.2) is 5.82 Å². The smallest absolute Gasteiger partial charge is 0.156 e. The van der Waals surface area contributed by atoms with Crippen molar-refractivity contribution < 1.29 is 0 Å². The van der Waals surface area contributed by atoms with Gasteiger partial charge < -0.3 is 0 Å². The SMILES string of the molecule is C#CCn1cnc(C(C)(C)CCCC)n1. The fourth-order valence-electron chi connectivity index (χ4n) is 1.50.